The highest BCUT2D eigenvalue weighted by Gasteiger charge is 2.34. The van der Waals surface area contributed by atoms with E-state index in [0.717, 1.165) is 6.07 Å². The molecule has 0 amide bonds. The van der Waals surface area contributed by atoms with Gasteiger partial charge in [-0.05, 0) is 22.8 Å². The third-order valence-corrected chi connectivity index (χ3v) is 3.75. The predicted molar refractivity (Wildman–Crippen MR) is 88.0 cm³/mol. The van der Waals surface area contributed by atoms with Crippen molar-refractivity contribution in [2.75, 3.05) is 0 Å². The van der Waals surface area contributed by atoms with Gasteiger partial charge in [0.05, 0.1) is 5.69 Å². The van der Waals surface area contributed by atoms with Crippen LogP contribution in [0.1, 0.15) is 11.3 Å². The summed E-state index contributed by atoms with van der Waals surface area (Å²) in [7, 11) is 0. The molecule has 0 spiro atoms. The first kappa shape index (κ1) is 16.2. The molecule has 24 heavy (non-hydrogen) atoms. The predicted octanol–water partition coefficient (Wildman–Crippen LogP) is 4.89. The molecule has 3 rings (SSSR count). The fourth-order valence-corrected chi connectivity index (χ4v) is 2.63. The van der Waals surface area contributed by atoms with Crippen LogP contribution in [0.5, 0.6) is 0 Å². The molecule has 122 valence electrons. The van der Waals surface area contributed by atoms with Crippen molar-refractivity contribution in [2.45, 2.75) is 12.7 Å². The number of hydrogen-bond acceptors (Lipinski definition) is 2. The van der Waals surface area contributed by atoms with Crippen molar-refractivity contribution in [1.29, 1.82) is 0 Å². The van der Waals surface area contributed by atoms with Crippen LogP contribution in [-0.2, 0) is 12.7 Å². The third kappa shape index (κ3) is 3.16. The van der Waals surface area contributed by atoms with E-state index in [2.05, 4.69) is 4.98 Å². The third-order valence-electron chi connectivity index (χ3n) is 3.75. The minimum Gasteiger partial charge on any atom is -0.326 e. The molecule has 0 aliphatic heterocycles. The summed E-state index contributed by atoms with van der Waals surface area (Å²) in [4.78, 5) is 3.87. The lowest BCUT2D eigenvalue weighted by Gasteiger charge is -2.17. The second-order valence-corrected chi connectivity index (χ2v) is 5.32. The monoisotopic (exact) mass is 328 g/mol. The van der Waals surface area contributed by atoms with Crippen molar-refractivity contribution in [3.63, 3.8) is 0 Å². The van der Waals surface area contributed by atoms with E-state index in [1.165, 1.54) is 0 Å². The Hall–Kier alpha value is -2.66. The molecule has 0 aliphatic rings. The second-order valence-electron chi connectivity index (χ2n) is 5.32. The van der Waals surface area contributed by atoms with Crippen molar-refractivity contribution < 1.29 is 13.2 Å². The number of pyridine rings is 1. The fourth-order valence-electron chi connectivity index (χ4n) is 2.63. The lowest BCUT2D eigenvalue weighted by molar-refractivity contribution is -0.141. The van der Waals surface area contributed by atoms with Crippen LogP contribution in [0.25, 0.3) is 22.4 Å². The Labute approximate surface area is 137 Å². The molecule has 3 aromatic rings. The van der Waals surface area contributed by atoms with Crippen LogP contribution in [0.3, 0.4) is 0 Å². The van der Waals surface area contributed by atoms with E-state index in [0.29, 0.717) is 22.3 Å². The molecule has 0 radical (unpaired) electrons. The van der Waals surface area contributed by atoms with Crippen LogP contribution in [0.4, 0.5) is 13.2 Å². The zero-order chi connectivity index (χ0) is 17.2. The maximum absolute atomic E-state index is 13.3. The summed E-state index contributed by atoms with van der Waals surface area (Å²) in [5, 5.41) is 0. The average molecular weight is 328 g/mol. The number of hydrogen-bond donors (Lipinski definition) is 1. The van der Waals surface area contributed by atoms with Gasteiger partial charge in [0.15, 0.2) is 0 Å². The zero-order valence-corrected chi connectivity index (χ0v) is 12.7. The Morgan fingerprint density at radius 2 is 1.38 bits per heavy atom. The van der Waals surface area contributed by atoms with E-state index in [-0.39, 0.29) is 12.2 Å². The normalized spacial score (nSPS) is 11.5. The smallest absolute Gasteiger partial charge is 0.326 e. The van der Waals surface area contributed by atoms with E-state index in [9.17, 15) is 13.2 Å². The number of rotatable bonds is 3. The minimum absolute atomic E-state index is 0.0968. The lowest BCUT2D eigenvalue weighted by atomic mass is 9.95. The molecule has 1 aromatic heterocycles. The van der Waals surface area contributed by atoms with Gasteiger partial charge in [0.1, 0.15) is 5.69 Å². The van der Waals surface area contributed by atoms with Crippen LogP contribution >= 0.6 is 0 Å². The first-order valence-corrected chi connectivity index (χ1v) is 7.42. The van der Waals surface area contributed by atoms with Gasteiger partial charge in [-0.25, -0.2) is 4.98 Å². The molecule has 0 atom stereocenters. The first-order valence-electron chi connectivity index (χ1n) is 7.42. The summed E-state index contributed by atoms with van der Waals surface area (Å²) in [6.07, 6.45) is -4.53. The Balaban J connectivity index is 2.32. The van der Waals surface area contributed by atoms with E-state index < -0.39 is 11.9 Å². The standard InChI is InChI=1S/C19H15F3N2/c20-19(21,22)17-11-15(13-7-3-1-4-8-13)16(12-23)18(24-17)14-9-5-2-6-10-14/h1-11H,12,23H2. The van der Waals surface area contributed by atoms with Crippen molar-refractivity contribution in [1.82, 2.24) is 4.98 Å². The topological polar surface area (TPSA) is 38.9 Å². The van der Waals surface area contributed by atoms with E-state index >= 15 is 0 Å². The lowest BCUT2D eigenvalue weighted by Crippen LogP contribution is -2.12. The molecule has 0 aliphatic carbocycles. The summed E-state index contributed by atoms with van der Waals surface area (Å²) in [6.45, 7) is 0.0968. The van der Waals surface area contributed by atoms with E-state index in [4.69, 9.17) is 5.73 Å². The molecule has 0 saturated carbocycles. The molecule has 0 bridgehead atoms. The molecule has 2 aromatic carbocycles. The SMILES string of the molecule is NCc1c(-c2ccccc2)cc(C(F)(F)F)nc1-c1ccccc1. The highest BCUT2D eigenvalue weighted by Crippen LogP contribution is 2.37. The zero-order valence-electron chi connectivity index (χ0n) is 12.7. The highest BCUT2D eigenvalue weighted by molar-refractivity contribution is 5.76. The fraction of sp³-hybridized carbons (Fsp3) is 0.105. The van der Waals surface area contributed by atoms with Gasteiger partial charge in [-0.15, -0.1) is 0 Å². The van der Waals surface area contributed by atoms with Crippen molar-refractivity contribution in [3.05, 3.63) is 78.0 Å². The Kier molecular flexibility index (Phi) is 4.36. The molecule has 2 nitrogen and oxygen atoms in total. The Bertz CT molecular complexity index is 768. The minimum atomic E-state index is -4.53. The van der Waals surface area contributed by atoms with Gasteiger partial charge in [0.25, 0.3) is 0 Å². The summed E-state index contributed by atoms with van der Waals surface area (Å²) >= 11 is 0. The molecule has 5 heteroatoms. The van der Waals surface area contributed by atoms with Crippen molar-refractivity contribution in [3.8, 4) is 22.4 Å². The molecular formula is C19H15F3N2. The molecule has 2 N–H and O–H groups in total. The van der Waals surface area contributed by atoms with Gasteiger partial charge in [-0.2, -0.15) is 13.2 Å². The van der Waals surface area contributed by atoms with Crippen molar-refractivity contribution in [2.24, 2.45) is 5.73 Å². The van der Waals surface area contributed by atoms with E-state index in [1.54, 1.807) is 54.6 Å². The molecule has 0 unspecified atom stereocenters. The number of alkyl halides is 3. The summed E-state index contributed by atoms with van der Waals surface area (Å²) in [5.41, 5.74) is 7.57. The maximum Gasteiger partial charge on any atom is 0.433 e. The number of benzene rings is 2. The van der Waals surface area contributed by atoms with Gasteiger partial charge < -0.3 is 5.73 Å². The van der Waals surface area contributed by atoms with Crippen LogP contribution < -0.4 is 5.73 Å². The van der Waals surface area contributed by atoms with Gasteiger partial charge in [-0.3, -0.25) is 0 Å². The number of halogens is 3. The molecule has 0 saturated heterocycles. The summed E-state index contributed by atoms with van der Waals surface area (Å²) < 4.78 is 40.0. The van der Waals surface area contributed by atoms with Crippen LogP contribution in [0.15, 0.2) is 66.7 Å². The number of aromatic nitrogens is 1. The Morgan fingerprint density at radius 3 is 1.88 bits per heavy atom. The largest absolute Gasteiger partial charge is 0.433 e. The van der Waals surface area contributed by atoms with Gasteiger partial charge in [0, 0.05) is 12.1 Å². The van der Waals surface area contributed by atoms with Gasteiger partial charge in [0.2, 0.25) is 0 Å². The van der Waals surface area contributed by atoms with Gasteiger partial charge in [-0.1, -0.05) is 60.7 Å². The molecular weight excluding hydrogens is 313 g/mol. The molecule has 0 fully saturated rings. The highest BCUT2D eigenvalue weighted by atomic mass is 19.4. The van der Waals surface area contributed by atoms with Crippen LogP contribution in [0, 0.1) is 0 Å². The first-order chi connectivity index (χ1) is 11.5. The quantitative estimate of drug-likeness (QED) is 0.743. The summed E-state index contributed by atoms with van der Waals surface area (Å²) in [5.74, 6) is 0. The number of nitrogens with two attached hydrogens (primary N) is 1. The van der Waals surface area contributed by atoms with Crippen LogP contribution in [-0.4, -0.2) is 4.98 Å². The van der Waals surface area contributed by atoms with Crippen molar-refractivity contribution >= 4 is 0 Å². The Morgan fingerprint density at radius 1 is 0.833 bits per heavy atom. The summed E-state index contributed by atoms with van der Waals surface area (Å²) in [6, 6.07) is 18.8. The average Bonchev–Trinajstić information content (AvgIpc) is 2.61. The molecule has 1 heterocycles. The second kappa shape index (κ2) is 6.45. The van der Waals surface area contributed by atoms with Gasteiger partial charge >= 0.3 is 6.18 Å². The number of nitrogens with zero attached hydrogens (tertiary/aromatic N) is 1. The van der Waals surface area contributed by atoms with Crippen LogP contribution in [0.2, 0.25) is 0 Å². The maximum atomic E-state index is 13.3. The van der Waals surface area contributed by atoms with E-state index in [1.807, 2.05) is 6.07 Å².